The molecular formula is C16H20ClNO2. The van der Waals surface area contributed by atoms with Gasteiger partial charge in [-0.3, -0.25) is 4.79 Å². The highest BCUT2D eigenvalue weighted by Crippen LogP contribution is 2.25. The third-order valence-electron chi connectivity index (χ3n) is 3.63. The van der Waals surface area contributed by atoms with Crippen LogP contribution >= 0.6 is 11.6 Å². The second-order valence-corrected chi connectivity index (χ2v) is 5.92. The lowest BCUT2D eigenvalue weighted by Crippen LogP contribution is -2.14. The molecule has 2 atom stereocenters. The van der Waals surface area contributed by atoms with Gasteiger partial charge in [0.25, 0.3) is 0 Å². The number of alkyl halides is 1. The molecule has 0 N–H and O–H groups in total. The Bertz CT molecular complexity index is 596. The third-order valence-corrected chi connectivity index (χ3v) is 3.83. The Hall–Kier alpha value is -1.48. The SMILES string of the molecule is Cc1cc(C(=O)C(C)Cl)c(C)n1C(C)Cc1ccco1. The van der Waals surface area contributed by atoms with Gasteiger partial charge in [0.1, 0.15) is 5.76 Å². The molecule has 2 unspecified atom stereocenters. The Labute approximate surface area is 124 Å². The molecule has 0 saturated carbocycles. The van der Waals surface area contributed by atoms with Crippen molar-refractivity contribution in [3.63, 3.8) is 0 Å². The topological polar surface area (TPSA) is 35.1 Å². The molecule has 0 fully saturated rings. The zero-order chi connectivity index (χ0) is 14.9. The summed E-state index contributed by atoms with van der Waals surface area (Å²) in [5, 5.41) is -0.496. The summed E-state index contributed by atoms with van der Waals surface area (Å²) in [4.78, 5) is 12.1. The molecule has 2 heterocycles. The van der Waals surface area contributed by atoms with Gasteiger partial charge in [-0.2, -0.15) is 0 Å². The van der Waals surface area contributed by atoms with E-state index < -0.39 is 5.38 Å². The predicted octanol–water partition coefficient (Wildman–Crippen LogP) is 4.31. The van der Waals surface area contributed by atoms with Gasteiger partial charge in [-0.15, -0.1) is 11.6 Å². The van der Waals surface area contributed by atoms with Gasteiger partial charge in [-0.05, 0) is 45.9 Å². The molecule has 0 saturated heterocycles. The average molecular weight is 294 g/mol. The van der Waals surface area contributed by atoms with Crippen LogP contribution in [0.25, 0.3) is 0 Å². The fraction of sp³-hybridized carbons (Fsp3) is 0.438. The number of carbonyl (C=O) groups is 1. The van der Waals surface area contributed by atoms with Crippen molar-refractivity contribution >= 4 is 17.4 Å². The van der Waals surface area contributed by atoms with Gasteiger partial charge in [0.2, 0.25) is 0 Å². The van der Waals surface area contributed by atoms with Crippen LogP contribution in [0, 0.1) is 13.8 Å². The summed E-state index contributed by atoms with van der Waals surface area (Å²) in [7, 11) is 0. The smallest absolute Gasteiger partial charge is 0.182 e. The summed E-state index contributed by atoms with van der Waals surface area (Å²) in [5.74, 6) is 0.930. The number of Topliss-reactive ketones (excluding diaryl/α,β-unsaturated/α-hetero) is 1. The van der Waals surface area contributed by atoms with Crippen LogP contribution in [-0.2, 0) is 6.42 Å². The van der Waals surface area contributed by atoms with Gasteiger partial charge >= 0.3 is 0 Å². The molecule has 0 bridgehead atoms. The van der Waals surface area contributed by atoms with Gasteiger partial charge in [0, 0.05) is 29.4 Å². The Kier molecular flexibility index (Phi) is 4.39. The van der Waals surface area contributed by atoms with E-state index in [-0.39, 0.29) is 11.8 Å². The molecule has 20 heavy (non-hydrogen) atoms. The molecule has 2 aromatic heterocycles. The molecule has 2 aromatic rings. The summed E-state index contributed by atoms with van der Waals surface area (Å²) in [6.45, 7) is 7.82. The third kappa shape index (κ3) is 2.83. The Morgan fingerprint density at radius 3 is 2.65 bits per heavy atom. The molecule has 108 valence electrons. The summed E-state index contributed by atoms with van der Waals surface area (Å²) < 4.78 is 7.57. The van der Waals surface area contributed by atoms with E-state index in [9.17, 15) is 4.79 Å². The highest BCUT2D eigenvalue weighted by Gasteiger charge is 2.21. The predicted molar refractivity (Wildman–Crippen MR) is 80.7 cm³/mol. The number of nitrogens with zero attached hydrogens (tertiary/aromatic N) is 1. The van der Waals surface area contributed by atoms with Crippen molar-refractivity contribution in [1.82, 2.24) is 4.57 Å². The molecule has 2 rings (SSSR count). The van der Waals surface area contributed by atoms with Gasteiger partial charge in [0.05, 0.1) is 11.6 Å². The first-order valence-corrected chi connectivity index (χ1v) is 7.24. The van der Waals surface area contributed by atoms with Crippen molar-refractivity contribution in [1.29, 1.82) is 0 Å². The van der Waals surface area contributed by atoms with Crippen LogP contribution < -0.4 is 0 Å². The Morgan fingerprint density at radius 1 is 1.40 bits per heavy atom. The number of halogens is 1. The highest BCUT2D eigenvalue weighted by molar-refractivity contribution is 6.33. The van der Waals surface area contributed by atoms with Crippen molar-refractivity contribution in [3.8, 4) is 0 Å². The number of furan rings is 1. The molecule has 0 radical (unpaired) electrons. The molecule has 0 aliphatic heterocycles. The van der Waals surface area contributed by atoms with Crippen LogP contribution in [0.3, 0.4) is 0 Å². The van der Waals surface area contributed by atoms with E-state index in [4.69, 9.17) is 16.0 Å². The van der Waals surface area contributed by atoms with Crippen LogP contribution in [0.2, 0.25) is 0 Å². The second kappa shape index (κ2) is 5.88. The molecular weight excluding hydrogens is 274 g/mol. The number of ketones is 1. The van der Waals surface area contributed by atoms with Crippen molar-refractivity contribution in [3.05, 3.63) is 47.2 Å². The number of carbonyl (C=O) groups excluding carboxylic acids is 1. The van der Waals surface area contributed by atoms with Crippen molar-refractivity contribution in [2.75, 3.05) is 0 Å². The maximum Gasteiger partial charge on any atom is 0.182 e. The van der Waals surface area contributed by atoms with E-state index >= 15 is 0 Å². The van der Waals surface area contributed by atoms with Gasteiger partial charge < -0.3 is 8.98 Å². The van der Waals surface area contributed by atoms with E-state index in [2.05, 4.69) is 11.5 Å². The number of hydrogen-bond acceptors (Lipinski definition) is 2. The van der Waals surface area contributed by atoms with E-state index in [0.717, 1.165) is 29.1 Å². The van der Waals surface area contributed by atoms with Crippen molar-refractivity contribution < 1.29 is 9.21 Å². The number of aryl methyl sites for hydroxylation is 1. The molecule has 0 amide bonds. The fourth-order valence-electron chi connectivity index (χ4n) is 2.73. The standard InChI is InChI=1S/C16H20ClNO2/c1-10(8-14-6-5-7-20-14)18-11(2)9-15(13(18)4)16(19)12(3)17/h5-7,9-10,12H,8H2,1-4H3. The van der Waals surface area contributed by atoms with Crippen molar-refractivity contribution in [2.45, 2.75) is 45.5 Å². The van der Waals surface area contributed by atoms with E-state index in [1.165, 1.54) is 0 Å². The van der Waals surface area contributed by atoms with Crippen LogP contribution in [-0.4, -0.2) is 15.7 Å². The maximum atomic E-state index is 12.1. The first kappa shape index (κ1) is 14.9. The van der Waals surface area contributed by atoms with E-state index in [1.807, 2.05) is 32.0 Å². The summed E-state index contributed by atoms with van der Waals surface area (Å²) in [6, 6.07) is 6.02. The normalized spacial score (nSPS) is 14.2. The highest BCUT2D eigenvalue weighted by atomic mass is 35.5. The minimum absolute atomic E-state index is 0.0174. The molecule has 0 aliphatic rings. The largest absolute Gasteiger partial charge is 0.469 e. The zero-order valence-electron chi connectivity index (χ0n) is 12.3. The number of rotatable bonds is 5. The Morgan fingerprint density at radius 2 is 2.10 bits per heavy atom. The van der Waals surface area contributed by atoms with Crippen molar-refractivity contribution in [2.24, 2.45) is 0 Å². The van der Waals surface area contributed by atoms with E-state index in [1.54, 1.807) is 13.2 Å². The lowest BCUT2D eigenvalue weighted by atomic mass is 10.1. The van der Waals surface area contributed by atoms with Crippen LogP contribution in [0.1, 0.15) is 47.4 Å². The van der Waals surface area contributed by atoms with Gasteiger partial charge in [0.15, 0.2) is 5.78 Å². The van der Waals surface area contributed by atoms with Crippen LogP contribution in [0.15, 0.2) is 28.9 Å². The first-order chi connectivity index (χ1) is 9.41. The molecule has 4 heteroatoms. The zero-order valence-corrected chi connectivity index (χ0v) is 13.1. The second-order valence-electron chi connectivity index (χ2n) is 5.27. The Balaban J connectivity index is 2.30. The maximum absolute atomic E-state index is 12.1. The van der Waals surface area contributed by atoms with E-state index in [0.29, 0.717) is 0 Å². The lowest BCUT2D eigenvalue weighted by molar-refractivity contribution is 0.0991. The molecule has 0 aromatic carbocycles. The lowest BCUT2D eigenvalue weighted by Gasteiger charge is -2.17. The minimum atomic E-state index is -0.496. The summed E-state index contributed by atoms with van der Waals surface area (Å²) in [5.41, 5.74) is 2.76. The molecule has 3 nitrogen and oxygen atoms in total. The number of aromatic nitrogens is 1. The molecule has 0 aliphatic carbocycles. The van der Waals surface area contributed by atoms with Crippen LogP contribution in [0.5, 0.6) is 0 Å². The molecule has 0 spiro atoms. The minimum Gasteiger partial charge on any atom is -0.469 e. The van der Waals surface area contributed by atoms with Gasteiger partial charge in [-0.1, -0.05) is 0 Å². The summed E-state index contributed by atoms with van der Waals surface area (Å²) >= 11 is 5.92. The van der Waals surface area contributed by atoms with Crippen LogP contribution in [0.4, 0.5) is 0 Å². The number of hydrogen-bond donors (Lipinski definition) is 0. The first-order valence-electron chi connectivity index (χ1n) is 6.81. The summed E-state index contributed by atoms with van der Waals surface area (Å²) in [6.07, 6.45) is 2.48. The van der Waals surface area contributed by atoms with Gasteiger partial charge in [-0.25, -0.2) is 0 Å². The monoisotopic (exact) mass is 293 g/mol. The fourth-order valence-corrected chi connectivity index (χ4v) is 2.85. The average Bonchev–Trinajstić information content (AvgIpc) is 2.96. The quantitative estimate of drug-likeness (QED) is 0.608.